The topological polar surface area (TPSA) is 71.0 Å². The summed E-state index contributed by atoms with van der Waals surface area (Å²) in [5, 5.41) is 9.45. The zero-order valence-electron chi connectivity index (χ0n) is 15.2. The molecule has 0 bridgehead atoms. The summed E-state index contributed by atoms with van der Waals surface area (Å²) in [5.41, 5.74) is 0.521. The van der Waals surface area contributed by atoms with Crippen LogP contribution in [0.5, 0.6) is 0 Å². The molecule has 0 atom stereocenters. The van der Waals surface area contributed by atoms with E-state index in [1.54, 1.807) is 40.5 Å². The van der Waals surface area contributed by atoms with Crippen molar-refractivity contribution in [1.29, 1.82) is 0 Å². The van der Waals surface area contributed by atoms with E-state index in [4.69, 9.17) is 16.4 Å². The van der Waals surface area contributed by atoms with E-state index in [-0.39, 0.29) is 11.8 Å². The molecule has 2 amide bonds. The highest BCUT2D eigenvalue weighted by Crippen LogP contribution is 2.35. The second-order valence-corrected chi connectivity index (χ2v) is 8.52. The number of hydrogen-bond donors (Lipinski definition) is 1. The Kier molecular flexibility index (Phi) is 5.37. The molecule has 1 aromatic carbocycles. The van der Waals surface area contributed by atoms with Crippen molar-refractivity contribution >= 4 is 40.5 Å². The number of piperidine rings is 1. The van der Waals surface area contributed by atoms with Crippen LogP contribution in [0.15, 0.2) is 46.9 Å². The molecule has 2 aromatic rings. The Morgan fingerprint density at radius 1 is 1.25 bits per heavy atom. The second-order valence-electron chi connectivity index (χ2n) is 7.05. The molecule has 4 rings (SSSR count). The number of oxime groups is 1. The predicted octanol–water partition coefficient (Wildman–Crippen LogP) is 3.47. The quantitative estimate of drug-likeness (QED) is 0.827. The second kappa shape index (κ2) is 7.93. The molecule has 1 N–H and O–H groups in total. The van der Waals surface area contributed by atoms with E-state index in [0.717, 1.165) is 4.88 Å². The fourth-order valence-electron chi connectivity index (χ4n) is 3.52. The first kappa shape index (κ1) is 19.0. The highest BCUT2D eigenvalue weighted by atomic mass is 35.5. The van der Waals surface area contributed by atoms with Crippen molar-refractivity contribution in [3.05, 3.63) is 57.2 Å². The van der Waals surface area contributed by atoms with Crippen molar-refractivity contribution in [3.8, 4) is 0 Å². The van der Waals surface area contributed by atoms with Crippen LogP contribution in [0, 0.1) is 0 Å². The van der Waals surface area contributed by atoms with Gasteiger partial charge in [0.1, 0.15) is 11.3 Å². The van der Waals surface area contributed by atoms with Gasteiger partial charge in [-0.3, -0.25) is 9.59 Å². The summed E-state index contributed by atoms with van der Waals surface area (Å²) in [5.74, 6) is -0.229. The number of likely N-dealkylation sites (tertiary alicyclic amines) is 1. The van der Waals surface area contributed by atoms with Gasteiger partial charge in [-0.25, -0.2) is 0 Å². The Hall–Kier alpha value is -2.38. The summed E-state index contributed by atoms with van der Waals surface area (Å²) >= 11 is 7.59. The third-order valence-corrected chi connectivity index (χ3v) is 6.25. The van der Waals surface area contributed by atoms with E-state index in [2.05, 4.69) is 10.5 Å². The Morgan fingerprint density at radius 3 is 2.79 bits per heavy atom. The number of carbonyl (C=O) groups is 2. The number of rotatable bonds is 4. The van der Waals surface area contributed by atoms with E-state index >= 15 is 0 Å². The SMILES string of the molecule is O=C(NCc1cccs1)C1=NOC2(CCN(C(=O)c3cccc(Cl)c3)CC2)C1. The molecule has 1 aromatic heterocycles. The smallest absolute Gasteiger partial charge is 0.269 e. The first-order chi connectivity index (χ1) is 13.5. The van der Waals surface area contributed by atoms with E-state index < -0.39 is 5.60 Å². The highest BCUT2D eigenvalue weighted by Gasteiger charge is 2.44. The van der Waals surface area contributed by atoms with Gasteiger partial charge in [0.25, 0.3) is 11.8 Å². The minimum atomic E-state index is -0.485. The van der Waals surface area contributed by atoms with E-state index in [9.17, 15) is 9.59 Å². The summed E-state index contributed by atoms with van der Waals surface area (Å²) in [4.78, 5) is 33.6. The lowest BCUT2D eigenvalue weighted by atomic mass is 9.86. The summed E-state index contributed by atoms with van der Waals surface area (Å²) in [6.07, 6.45) is 1.76. The summed E-state index contributed by atoms with van der Waals surface area (Å²) in [6.45, 7) is 1.61. The van der Waals surface area contributed by atoms with Gasteiger partial charge in [0.15, 0.2) is 0 Å². The van der Waals surface area contributed by atoms with E-state index in [1.165, 1.54) is 0 Å². The van der Waals surface area contributed by atoms with Crippen molar-refractivity contribution in [2.75, 3.05) is 13.1 Å². The maximum atomic E-state index is 12.7. The van der Waals surface area contributed by atoms with Crippen LogP contribution >= 0.6 is 22.9 Å². The fourth-order valence-corrected chi connectivity index (χ4v) is 4.35. The van der Waals surface area contributed by atoms with Gasteiger partial charge in [0, 0.05) is 47.8 Å². The van der Waals surface area contributed by atoms with Crippen molar-refractivity contribution in [1.82, 2.24) is 10.2 Å². The normalized spacial score (nSPS) is 17.9. The van der Waals surface area contributed by atoms with Crippen LogP contribution in [0.3, 0.4) is 0 Å². The van der Waals surface area contributed by atoms with Gasteiger partial charge in [-0.15, -0.1) is 11.3 Å². The number of thiophene rings is 1. The number of amides is 2. The molecule has 1 spiro atoms. The van der Waals surface area contributed by atoms with Crippen LogP contribution in [-0.4, -0.2) is 41.1 Å². The van der Waals surface area contributed by atoms with Gasteiger partial charge >= 0.3 is 0 Å². The average Bonchev–Trinajstić information content (AvgIpc) is 3.37. The van der Waals surface area contributed by atoms with Crippen LogP contribution in [0.4, 0.5) is 0 Å². The Morgan fingerprint density at radius 2 is 2.07 bits per heavy atom. The zero-order valence-corrected chi connectivity index (χ0v) is 16.8. The number of benzene rings is 1. The number of hydrogen-bond acceptors (Lipinski definition) is 5. The minimum absolute atomic E-state index is 0.0369. The maximum Gasteiger partial charge on any atom is 0.269 e. The molecule has 2 aliphatic heterocycles. The Bertz CT molecular complexity index is 905. The van der Waals surface area contributed by atoms with Crippen molar-refractivity contribution < 1.29 is 14.4 Å². The molecule has 0 radical (unpaired) electrons. The molecule has 8 heteroatoms. The average molecular weight is 418 g/mol. The molecule has 1 fully saturated rings. The lowest BCUT2D eigenvalue weighted by Gasteiger charge is -2.37. The van der Waals surface area contributed by atoms with Crippen LogP contribution in [0.2, 0.25) is 5.02 Å². The standard InChI is InChI=1S/C20H20ClN3O3S/c21-15-4-1-3-14(11-15)19(26)24-8-6-20(7-9-24)12-17(23-27-20)18(25)22-13-16-5-2-10-28-16/h1-5,10-11H,6-9,12-13H2,(H,22,25). The first-order valence-electron chi connectivity index (χ1n) is 9.15. The molecule has 1 saturated heterocycles. The first-order valence-corrected chi connectivity index (χ1v) is 10.4. The molecule has 0 aliphatic carbocycles. The van der Waals surface area contributed by atoms with Crippen molar-refractivity contribution in [3.63, 3.8) is 0 Å². The van der Waals surface area contributed by atoms with Crippen LogP contribution in [-0.2, 0) is 16.2 Å². The lowest BCUT2D eigenvalue weighted by molar-refractivity contribution is -0.115. The largest absolute Gasteiger partial charge is 0.388 e. The number of carbonyl (C=O) groups excluding carboxylic acids is 2. The van der Waals surface area contributed by atoms with Crippen LogP contribution in [0.25, 0.3) is 0 Å². The predicted molar refractivity (Wildman–Crippen MR) is 109 cm³/mol. The molecule has 2 aliphatic rings. The van der Waals surface area contributed by atoms with Crippen LogP contribution < -0.4 is 5.32 Å². The molecule has 146 valence electrons. The van der Waals surface area contributed by atoms with Gasteiger partial charge in [-0.1, -0.05) is 28.9 Å². The van der Waals surface area contributed by atoms with E-state index in [1.807, 2.05) is 17.5 Å². The molecule has 3 heterocycles. The van der Waals surface area contributed by atoms with Gasteiger partial charge < -0.3 is 15.1 Å². The highest BCUT2D eigenvalue weighted by molar-refractivity contribution is 7.09. The van der Waals surface area contributed by atoms with Crippen molar-refractivity contribution in [2.45, 2.75) is 31.4 Å². The monoisotopic (exact) mass is 417 g/mol. The van der Waals surface area contributed by atoms with Gasteiger partial charge in [0.05, 0.1) is 6.54 Å². The summed E-state index contributed by atoms with van der Waals surface area (Å²) in [6, 6.07) is 10.9. The third-order valence-electron chi connectivity index (χ3n) is 5.14. The molecular formula is C20H20ClN3O3S. The van der Waals surface area contributed by atoms with Gasteiger partial charge in [0.2, 0.25) is 0 Å². The molecule has 28 heavy (non-hydrogen) atoms. The number of nitrogens with zero attached hydrogens (tertiary/aromatic N) is 2. The molecular weight excluding hydrogens is 398 g/mol. The Balaban J connectivity index is 1.30. The summed E-state index contributed by atoms with van der Waals surface area (Å²) in [7, 11) is 0. The van der Waals surface area contributed by atoms with Gasteiger partial charge in [-0.2, -0.15) is 0 Å². The zero-order chi connectivity index (χ0) is 19.6. The Labute approximate surface area is 172 Å². The minimum Gasteiger partial charge on any atom is -0.388 e. The number of nitrogens with one attached hydrogen (secondary N) is 1. The summed E-state index contributed by atoms with van der Waals surface area (Å²) < 4.78 is 0. The lowest BCUT2D eigenvalue weighted by Crippen LogP contribution is -2.47. The molecule has 0 saturated carbocycles. The molecule has 6 nitrogen and oxygen atoms in total. The van der Waals surface area contributed by atoms with Crippen molar-refractivity contribution in [2.24, 2.45) is 5.16 Å². The fraction of sp³-hybridized carbons (Fsp3) is 0.350. The molecule has 0 unspecified atom stereocenters. The van der Waals surface area contributed by atoms with Crippen LogP contribution in [0.1, 0.15) is 34.5 Å². The maximum absolute atomic E-state index is 12.7. The number of halogens is 1. The van der Waals surface area contributed by atoms with Gasteiger partial charge in [-0.05, 0) is 29.6 Å². The van der Waals surface area contributed by atoms with E-state index in [0.29, 0.717) is 55.2 Å². The third kappa shape index (κ3) is 4.05.